The predicted octanol–water partition coefficient (Wildman–Crippen LogP) is 4.05. The lowest BCUT2D eigenvalue weighted by atomic mass is 10.1. The maximum Gasteiger partial charge on any atom is 0.486 e. The molecular weight excluding hydrogens is 508 g/mol. The fourth-order valence-corrected chi connectivity index (χ4v) is 4.54. The molecule has 0 bridgehead atoms. The molecular formula is C18H30F8N2O5S+2. The molecule has 0 aliphatic carbocycles. The van der Waals surface area contributed by atoms with Gasteiger partial charge in [-0.05, 0) is 19.8 Å². The number of alkyl halides is 8. The smallest absolute Gasteiger partial charge is 0.324 e. The first-order chi connectivity index (χ1) is 15.0. The number of carbonyl (C=O) groups is 1. The molecule has 202 valence electrons. The number of likely N-dealkylation sites (tertiary alicyclic amines) is 1. The fourth-order valence-electron chi connectivity index (χ4n) is 4.02. The van der Waals surface area contributed by atoms with Crippen LogP contribution in [0.15, 0.2) is 0 Å². The Morgan fingerprint density at radius 1 is 1.06 bits per heavy atom. The van der Waals surface area contributed by atoms with Crippen LogP contribution in [0.4, 0.5) is 35.1 Å². The number of ether oxygens (including phenoxy) is 1. The Morgan fingerprint density at radius 2 is 1.59 bits per heavy atom. The number of quaternary nitrogens is 2. The third-order valence-electron chi connectivity index (χ3n) is 6.19. The van der Waals surface area contributed by atoms with E-state index in [0.717, 1.165) is 19.8 Å². The Morgan fingerprint density at radius 3 is 1.97 bits per heavy atom. The second-order valence-corrected chi connectivity index (χ2v) is 10.6. The average Bonchev–Trinajstić information content (AvgIpc) is 2.93. The van der Waals surface area contributed by atoms with E-state index in [0.29, 0.717) is 13.0 Å². The van der Waals surface area contributed by atoms with Crippen molar-refractivity contribution < 1.29 is 66.6 Å². The number of amides is 1. The molecule has 34 heavy (non-hydrogen) atoms. The lowest BCUT2D eigenvalue weighted by Crippen LogP contribution is -2.78. The zero-order chi connectivity index (χ0) is 27.0. The summed E-state index contributed by atoms with van der Waals surface area (Å²) in [7, 11) is -3.92. The number of unbranched alkanes of at least 4 members (excludes halogenated alkanes) is 2. The first-order valence-electron chi connectivity index (χ1n) is 10.4. The van der Waals surface area contributed by atoms with E-state index >= 15 is 4.39 Å². The van der Waals surface area contributed by atoms with Crippen molar-refractivity contribution in [1.82, 2.24) is 0 Å². The predicted molar refractivity (Wildman–Crippen MR) is 103 cm³/mol. The lowest BCUT2D eigenvalue weighted by Gasteiger charge is -2.48. The maximum atomic E-state index is 16.1. The molecule has 1 heterocycles. The van der Waals surface area contributed by atoms with Gasteiger partial charge in [-0.2, -0.15) is 43.6 Å². The molecule has 0 radical (unpaired) electrons. The van der Waals surface area contributed by atoms with E-state index in [4.69, 9.17) is 4.55 Å². The van der Waals surface area contributed by atoms with Crippen molar-refractivity contribution in [3.05, 3.63) is 0 Å². The molecule has 1 amide bonds. The number of carbonyl (C=O) groups excluding carboxylic acids is 1. The van der Waals surface area contributed by atoms with Gasteiger partial charge in [0, 0.05) is 6.42 Å². The van der Waals surface area contributed by atoms with Crippen LogP contribution in [-0.4, -0.2) is 91.1 Å². The summed E-state index contributed by atoms with van der Waals surface area (Å²) in [5, 5.41) is -6.37. The third kappa shape index (κ3) is 5.50. The van der Waals surface area contributed by atoms with Gasteiger partial charge in [0.25, 0.3) is 0 Å². The van der Waals surface area contributed by atoms with Crippen LogP contribution in [0.1, 0.15) is 46.0 Å². The van der Waals surface area contributed by atoms with Gasteiger partial charge in [-0.25, -0.2) is 9.53 Å². The molecule has 0 aromatic rings. The van der Waals surface area contributed by atoms with Gasteiger partial charge in [-0.1, -0.05) is 13.3 Å². The summed E-state index contributed by atoms with van der Waals surface area (Å²) in [6, 6.07) is -1.69. The second-order valence-electron chi connectivity index (χ2n) is 9.13. The van der Waals surface area contributed by atoms with E-state index in [1.54, 1.807) is 0 Å². The first-order valence-corrected chi connectivity index (χ1v) is 11.9. The van der Waals surface area contributed by atoms with Crippen LogP contribution in [0, 0.1) is 0 Å². The van der Waals surface area contributed by atoms with Crippen LogP contribution in [0.5, 0.6) is 0 Å². The summed E-state index contributed by atoms with van der Waals surface area (Å²) in [4.78, 5) is 12.7. The molecule has 1 aliphatic rings. The Labute approximate surface area is 192 Å². The topological polar surface area (TPSA) is 80.7 Å². The highest BCUT2D eigenvalue weighted by molar-refractivity contribution is 7.86. The first kappa shape index (κ1) is 30.9. The zero-order valence-electron chi connectivity index (χ0n) is 19.1. The highest BCUT2D eigenvalue weighted by Crippen LogP contribution is 2.54. The average molecular weight is 538 g/mol. The van der Waals surface area contributed by atoms with Gasteiger partial charge in [0.05, 0.1) is 33.1 Å². The van der Waals surface area contributed by atoms with E-state index in [1.807, 2.05) is 6.92 Å². The minimum atomic E-state index is -6.98. The molecule has 7 nitrogen and oxygen atoms in total. The number of hydrogen-bond acceptors (Lipinski definition) is 4. The number of likely N-dealkylation sites (N-methyl/N-ethyl adjacent to an activating group) is 1. The molecule has 1 aliphatic heterocycles. The summed E-state index contributed by atoms with van der Waals surface area (Å²) in [6.07, 6.45) is -12.4. The molecule has 1 fully saturated rings. The number of halogens is 8. The van der Waals surface area contributed by atoms with E-state index < -0.39 is 76.0 Å². The Kier molecular flexibility index (Phi) is 8.87. The standard InChI is InChI=1S/C18H29F8N2O5S/c1-5-6-7-10-27(3,4)11-12-28(13(2)8-9-14(28)29)18(26,17(24,25)34(30,31)32)33-16(22,23)15(19,20)21/h13H,5-12H2,1-4H3/q+1/p+1. The van der Waals surface area contributed by atoms with Crippen LogP contribution in [0.25, 0.3) is 0 Å². The van der Waals surface area contributed by atoms with E-state index in [1.165, 1.54) is 14.1 Å². The van der Waals surface area contributed by atoms with Gasteiger partial charge in [0.15, 0.2) is 0 Å². The van der Waals surface area contributed by atoms with Crippen molar-refractivity contribution in [1.29, 1.82) is 0 Å². The van der Waals surface area contributed by atoms with Gasteiger partial charge < -0.3 is 4.48 Å². The summed E-state index contributed by atoms with van der Waals surface area (Å²) in [6.45, 7) is 1.66. The summed E-state index contributed by atoms with van der Waals surface area (Å²) < 4.78 is 144. The minimum absolute atomic E-state index is 0.0802. The second kappa shape index (κ2) is 9.75. The molecule has 0 aromatic heterocycles. The van der Waals surface area contributed by atoms with Crippen molar-refractivity contribution in [3.8, 4) is 0 Å². The normalized spacial score (nSPS) is 25.0. The lowest BCUT2D eigenvalue weighted by molar-refractivity contribution is -1.00. The van der Waals surface area contributed by atoms with Crippen molar-refractivity contribution in [2.75, 3.05) is 33.7 Å². The van der Waals surface area contributed by atoms with Crippen LogP contribution >= 0.6 is 0 Å². The van der Waals surface area contributed by atoms with Crippen LogP contribution < -0.4 is 0 Å². The maximum absolute atomic E-state index is 16.1. The minimum Gasteiger partial charge on any atom is -0.324 e. The Hall–Kier alpha value is -1.10. The Balaban J connectivity index is 3.74. The van der Waals surface area contributed by atoms with Gasteiger partial charge in [0.1, 0.15) is 13.1 Å². The molecule has 0 aromatic carbocycles. The molecule has 3 unspecified atom stereocenters. The van der Waals surface area contributed by atoms with Crippen molar-refractivity contribution in [3.63, 3.8) is 0 Å². The molecule has 16 heteroatoms. The largest absolute Gasteiger partial charge is 0.486 e. The van der Waals surface area contributed by atoms with Gasteiger partial charge in [-0.15, -0.1) is 4.39 Å². The van der Waals surface area contributed by atoms with Crippen molar-refractivity contribution in [2.24, 2.45) is 0 Å². The molecule has 3 atom stereocenters. The van der Waals surface area contributed by atoms with Crippen LogP contribution in [0.2, 0.25) is 0 Å². The summed E-state index contributed by atoms with van der Waals surface area (Å²) >= 11 is 0. The molecule has 1 saturated heterocycles. The Bertz CT molecular complexity index is 852. The third-order valence-corrected chi connectivity index (χ3v) is 7.09. The molecule has 1 N–H and O–H groups in total. The highest BCUT2D eigenvalue weighted by atomic mass is 32.2. The zero-order valence-corrected chi connectivity index (χ0v) is 20.0. The number of nitrogens with zero attached hydrogens (tertiary/aromatic N) is 2. The monoisotopic (exact) mass is 538 g/mol. The summed E-state index contributed by atoms with van der Waals surface area (Å²) in [5.41, 5.74) is 0. The highest BCUT2D eigenvalue weighted by Gasteiger charge is 2.85. The molecule has 1 rings (SSSR count). The van der Waals surface area contributed by atoms with Gasteiger partial charge in [-0.3, -0.25) is 4.55 Å². The molecule has 0 spiro atoms. The van der Waals surface area contributed by atoms with Crippen molar-refractivity contribution >= 4 is 16.0 Å². The number of hydrogen-bond donors (Lipinski definition) is 1. The van der Waals surface area contributed by atoms with E-state index in [9.17, 15) is 43.9 Å². The number of rotatable bonds is 12. The fraction of sp³-hybridized carbons (Fsp3) is 0.944. The van der Waals surface area contributed by atoms with E-state index in [-0.39, 0.29) is 4.48 Å². The van der Waals surface area contributed by atoms with E-state index in [2.05, 4.69) is 4.74 Å². The van der Waals surface area contributed by atoms with Crippen molar-refractivity contribution in [2.45, 2.75) is 75.5 Å². The van der Waals surface area contributed by atoms with Crippen LogP contribution in [-0.2, 0) is 19.6 Å². The molecule has 0 saturated carbocycles. The summed E-state index contributed by atoms with van der Waals surface area (Å²) in [5.74, 6) is -7.37. The van der Waals surface area contributed by atoms with Gasteiger partial charge in [0.2, 0.25) is 0 Å². The van der Waals surface area contributed by atoms with Gasteiger partial charge >= 0.3 is 39.5 Å². The SMILES string of the molecule is CCCCC[N+](C)(C)CC[N+]1(C(F)(OC(F)(F)C(F)(F)F)C(F)(F)S(=O)(=O)O)C(=O)CCC1C. The van der Waals surface area contributed by atoms with Crippen LogP contribution in [0.3, 0.4) is 0 Å². The quantitative estimate of drug-likeness (QED) is 0.133.